The van der Waals surface area contributed by atoms with Gasteiger partial charge in [0.2, 0.25) is 0 Å². The molecule has 1 aliphatic heterocycles. The molecule has 0 radical (unpaired) electrons. The predicted octanol–water partition coefficient (Wildman–Crippen LogP) is -2.61. The molecule has 0 saturated heterocycles. The Bertz CT molecular complexity index is 203. The van der Waals surface area contributed by atoms with Gasteiger partial charge >= 0.3 is 0 Å². The van der Waals surface area contributed by atoms with E-state index in [9.17, 15) is 0 Å². The number of nitrogens with one attached hydrogen (secondary N) is 2. The number of hydrogen-bond acceptors (Lipinski definition) is 8. The lowest BCUT2D eigenvalue weighted by molar-refractivity contribution is 0.0275. The van der Waals surface area contributed by atoms with E-state index >= 15 is 0 Å². The normalized spacial score (nSPS) is 29.0. The van der Waals surface area contributed by atoms with Gasteiger partial charge in [-0.3, -0.25) is 10.4 Å². The summed E-state index contributed by atoms with van der Waals surface area (Å²) in [7, 11) is 0. The topological polar surface area (TPSA) is 130 Å². The molecule has 2 atom stereocenters. The monoisotopic (exact) mass is 176 g/mol. The van der Waals surface area contributed by atoms with Crippen LogP contribution in [0.4, 0.5) is 0 Å². The zero-order valence-corrected chi connectivity index (χ0v) is 5.84. The molecular weight excluding hydrogens is 168 g/mol. The molecule has 0 aromatic rings. The Hall–Kier alpha value is -1.22. The third-order valence-electron chi connectivity index (χ3n) is 1.23. The summed E-state index contributed by atoms with van der Waals surface area (Å²) in [5.41, 5.74) is 3.16. The summed E-state index contributed by atoms with van der Waals surface area (Å²) in [5.74, 6) is -0.509. The van der Waals surface area contributed by atoms with Gasteiger partial charge in [-0.2, -0.15) is 0 Å². The number of aliphatic hydroxyl groups excluding tert-OH is 2. The lowest BCUT2D eigenvalue weighted by Crippen LogP contribution is -2.44. The number of hydroxylamine groups is 2. The lowest BCUT2D eigenvalue weighted by atomic mass is 10.4. The Morgan fingerprint density at radius 1 is 0.917 bits per heavy atom. The summed E-state index contributed by atoms with van der Waals surface area (Å²) >= 11 is 0. The first kappa shape index (κ1) is 8.87. The third-order valence-corrected chi connectivity index (χ3v) is 1.23. The van der Waals surface area contributed by atoms with Crippen LogP contribution in [0, 0.1) is 0 Å². The van der Waals surface area contributed by atoms with Gasteiger partial charge in [0.15, 0.2) is 24.1 Å². The highest BCUT2D eigenvalue weighted by Crippen LogP contribution is 2.03. The fourth-order valence-electron chi connectivity index (χ4n) is 0.684. The third kappa shape index (κ3) is 1.51. The summed E-state index contributed by atoms with van der Waals surface area (Å²) in [4.78, 5) is 6.68. The lowest BCUT2D eigenvalue weighted by Gasteiger charge is -2.18. The highest BCUT2D eigenvalue weighted by molar-refractivity contribution is 6.40. The second-order valence-corrected chi connectivity index (χ2v) is 2.01. The molecule has 0 amide bonds. The van der Waals surface area contributed by atoms with Crippen molar-refractivity contribution in [3.8, 4) is 0 Å². The van der Waals surface area contributed by atoms with Crippen LogP contribution in [0.3, 0.4) is 0 Å². The minimum Gasteiger partial charge on any atom is -0.368 e. The second kappa shape index (κ2) is 3.45. The van der Waals surface area contributed by atoms with Gasteiger partial charge in [-0.15, -0.1) is 0 Å². The quantitative estimate of drug-likeness (QED) is 0.224. The van der Waals surface area contributed by atoms with Crippen LogP contribution < -0.4 is 11.0 Å². The number of amidine groups is 2. The minimum absolute atomic E-state index is 0.254. The Balaban J connectivity index is 2.84. The summed E-state index contributed by atoms with van der Waals surface area (Å²) in [6, 6.07) is 0. The molecule has 1 aliphatic rings. The van der Waals surface area contributed by atoms with E-state index in [0.29, 0.717) is 0 Å². The van der Waals surface area contributed by atoms with Gasteiger partial charge < -0.3 is 10.2 Å². The molecule has 0 saturated carbocycles. The highest BCUT2D eigenvalue weighted by atomic mass is 16.5. The molecule has 0 unspecified atom stereocenters. The van der Waals surface area contributed by atoms with E-state index < -0.39 is 12.5 Å². The number of hydrogen-bond donors (Lipinski definition) is 6. The molecule has 0 spiro atoms. The Labute approximate surface area is 66.8 Å². The van der Waals surface area contributed by atoms with Crippen LogP contribution in [0.5, 0.6) is 0 Å². The van der Waals surface area contributed by atoms with Crippen molar-refractivity contribution in [3.05, 3.63) is 0 Å². The minimum atomic E-state index is -1.45. The van der Waals surface area contributed by atoms with Crippen LogP contribution in [0.1, 0.15) is 0 Å². The van der Waals surface area contributed by atoms with Gasteiger partial charge in [-0.05, 0) is 0 Å². The fourth-order valence-corrected chi connectivity index (χ4v) is 0.684. The largest absolute Gasteiger partial charge is 0.368 e. The predicted molar refractivity (Wildman–Crippen MR) is 36.7 cm³/mol. The summed E-state index contributed by atoms with van der Waals surface area (Å²) < 4.78 is 0. The van der Waals surface area contributed by atoms with Gasteiger partial charge in [-0.25, -0.2) is 20.9 Å². The van der Waals surface area contributed by atoms with Gasteiger partial charge in [0, 0.05) is 0 Å². The molecular formula is C4H8N4O4. The zero-order valence-electron chi connectivity index (χ0n) is 5.84. The molecule has 68 valence electrons. The van der Waals surface area contributed by atoms with Crippen molar-refractivity contribution < 1.29 is 20.6 Å². The van der Waals surface area contributed by atoms with Crippen molar-refractivity contribution in [1.29, 1.82) is 0 Å². The molecule has 0 aliphatic carbocycles. The van der Waals surface area contributed by atoms with Crippen molar-refractivity contribution in [3.63, 3.8) is 0 Å². The Morgan fingerprint density at radius 3 is 1.50 bits per heavy atom. The van der Waals surface area contributed by atoms with Gasteiger partial charge in [0.1, 0.15) is 0 Å². The molecule has 1 heterocycles. The van der Waals surface area contributed by atoms with Gasteiger partial charge in [-0.1, -0.05) is 0 Å². The molecule has 12 heavy (non-hydrogen) atoms. The SMILES string of the molecule is ONC1=N[C@@H](O)[C@H](O)N=C1NO. The number of nitrogens with zero attached hydrogens (tertiary/aromatic N) is 2. The molecule has 0 bridgehead atoms. The summed E-state index contributed by atoms with van der Waals surface area (Å²) in [6.45, 7) is 0. The highest BCUT2D eigenvalue weighted by Gasteiger charge is 2.23. The van der Waals surface area contributed by atoms with E-state index in [1.165, 1.54) is 0 Å². The van der Waals surface area contributed by atoms with E-state index in [1.54, 1.807) is 11.0 Å². The smallest absolute Gasteiger partial charge is 0.194 e. The maximum absolute atomic E-state index is 8.89. The number of rotatable bonds is 0. The van der Waals surface area contributed by atoms with E-state index in [1.807, 2.05) is 0 Å². The molecule has 1 rings (SSSR count). The summed E-state index contributed by atoms with van der Waals surface area (Å²) in [6.07, 6.45) is -2.89. The Morgan fingerprint density at radius 2 is 1.25 bits per heavy atom. The average Bonchev–Trinajstić information content (AvgIpc) is 2.09. The van der Waals surface area contributed by atoms with Crippen LogP contribution in [0.15, 0.2) is 9.98 Å². The fraction of sp³-hybridized carbons (Fsp3) is 0.500. The zero-order chi connectivity index (χ0) is 9.14. The maximum atomic E-state index is 8.89. The van der Waals surface area contributed by atoms with Crippen LogP contribution in [-0.4, -0.2) is 44.8 Å². The average molecular weight is 176 g/mol. The van der Waals surface area contributed by atoms with Crippen molar-refractivity contribution >= 4 is 11.7 Å². The van der Waals surface area contributed by atoms with Crippen molar-refractivity contribution in [2.24, 2.45) is 9.98 Å². The van der Waals surface area contributed by atoms with Crippen molar-refractivity contribution in [2.75, 3.05) is 0 Å². The van der Waals surface area contributed by atoms with E-state index in [2.05, 4.69) is 9.98 Å². The molecule has 6 N–H and O–H groups in total. The first-order valence-electron chi connectivity index (χ1n) is 3.01. The summed E-state index contributed by atoms with van der Waals surface area (Å²) in [5, 5.41) is 34.6. The van der Waals surface area contributed by atoms with Crippen LogP contribution in [0.25, 0.3) is 0 Å². The Kier molecular flexibility index (Phi) is 2.55. The first-order valence-corrected chi connectivity index (χ1v) is 3.01. The van der Waals surface area contributed by atoms with Gasteiger partial charge in [0.25, 0.3) is 0 Å². The van der Waals surface area contributed by atoms with Gasteiger partial charge in [0.05, 0.1) is 0 Å². The van der Waals surface area contributed by atoms with E-state index in [4.69, 9.17) is 20.6 Å². The second-order valence-electron chi connectivity index (χ2n) is 2.01. The molecule has 8 heteroatoms. The molecule has 0 aromatic carbocycles. The maximum Gasteiger partial charge on any atom is 0.194 e. The first-order chi connectivity index (χ1) is 5.69. The molecule has 0 aromatic heterocycles. The van der Waals surface area contributed by atoms with E-state index in [-0.39, 0.29) is 11.7 Å². The van der Waals surface area contributed by atoms with Crippen LogP contribution >= 0.6 is 0 Å². The molecule has 8 nitrogen and oxygen atoms in total. The van der Waals surface area contributed by atoms with Crippen LogP contribution in [-0.2, 0) is 0 Å². The number of aliphatic hydroxyl groups is 2. The number of aliphatic imine (C=N–C) groups is 2. The van der Waals surface area contributed by atoms with Crippen molar-refractivity contribution in [1.82, 2.24) is 11.0 Å². The van der Waals surface area contributed by atoms with E-state index in [0.717, 1.165) is 0 Å². The van der Waals surface area contributed by atoms with Crippen LogP contribution in [0.2, 0.25) is 0 Å². The van der Waals surface area contributed by atoms with Crippen molar-refractivity contribution in [2.45, 2.75) is 12.5 Å². The molecule has 0 fully saturated rings. The standard InChI is InChI=1S/C4H8N4O4/c9-3-4(10)6-2(8-12)1(5-3)7-11/h3-4,9-12H,(H,5,7)(H,6,8)/t3-,4-/m0/s1.